The molecule has 0 spiro atoms. The minimum absolute atomic E-state index is 0.0608. The van der Waals surface area contributed by atoms with Gasteiger partial charge in [0.05, 0.1) is 17.7 Å². The SMILES string of the molecule is COC(=O)c1sc(C#CC(C)(C)C)cc1N(C(=O)C1CCC(C)CC1)C1CC(C(=O)N(C)C)C1. The number of esters is 1. The van der Waals surface area contributed by atoms with Crippen LogP contribution >= 0.6 is 11.3 Å². The highest BCUT2D eigenvalue weighted by molar-refractivity contribution is 7.15. The van der Waals surface area contributed by atoms with E-state index >= 15 is 0 Å². The maximum absolute atomic E-state index is 13.9. The van der Waals surface area contributed by atoms with Crippen LogP contribution in [0, 0.1) is 35.0 Å². The molecule has 0 atom stereocenters. The molecule has 1 heterocycles. The van der Waals surface area contributed by atoms with Gasteiger partial charge in [0.15, 0.2) is 0 Å². The van der Waals surface area contributed by atoms with Crippen LogP contribution in [0.25, 0.3) is 0 Å². The van der Waals surface area contributed by atoms with E-state index in [1.165, 1.54) is 18.4 Å². The topological polar surface area (TPSA) is 66.9 Å². The lowest BCUT2D eigenvalue weighted by atomic mass is 9.76. The van der Waals surface area contributed by atoms with Crippen LogP contribution in [-0.2, 0) is 14.3 Å². The lowest BCUT2D eigenvalue weighted by molar-refractivity contribution is -0.137. The fraction of sp³-hybridized carbons (Fsp3) is 0.667. The predicted octanol–water partition coefficient (Wildman–Crippen LogP) is 4.96. The minimum Gasteiger partial charge on any atom is -0.465 e. The maximum Gasteiger partial charge on any atom is 0.350 e. The first-order valence-corrected chi connectivity index (χ1v) is 13.0. The number of thiophene rings is 1. The third-order valence-corrected chi connectivity index (χ3v) is 7.79. The Labute approximate surface area is 208 Å². The van der Waals surface area contributed by atoms with Crippen molar-refractivity contribution in [3.8, 4) is 11.8 Å². The monoisotopic (exact) mass is 486 g/mol. The molecule has 0 aliphatic heterocycles. The van der Waals surface area contributed by atoms with Gasteiger partial charge in [-0.05, 0) is 71.3 Å². The fourth-order valence-electron chi connectivity index (χ4n) is 4.67. The van der Waals surface area contributed by atoms with E-state index in [1.807, 2.05) is 31.7 Å². The van der Waals surface area contributed by atoms with E-state index in [0.29, 0.717) is 29.3 Å². The number of hydrogen-bond acceptors (Lipinski definition) is 5. The van der Waals surface area contributed by atoms with Gasteiger partial charge in [-0.1, -0.05) is 18.8 Å². The second-order valence-electron chi connectivity index (χ2n) is 11.0. The smallest absolute Gasteiger partial charge is 0.350 e. The Hall–Kier alpha value is -2.33. The van der Waals surface area contributed by atoms with Crippen LogP contribution in [0.15, 0.2) is 6.07 Å². The average molecular weight is 487 g/mol. The molecule has 6 nitrogen and oxygen atoms in total. The normalized spacial score (nSPS) is 24.3. The molecular formula is C27H38N2O4S. The summed E-state index contributed by atoms with van der Waals surface area (Å²) in [5, 5.41) is 0. The van der Waals surface area contributed by atoms with Crippen molar-refractivity contribution in [2.24, 2.45) is 23.2 Å². The first-order valence-electron chi connectivity index (χ1n) is 12.2. The van der Waals surface area contributed by atoms with Crippen molar-refractivity contribution in [3.05, 3.63) is 15.8 Å². The first kappa shape index (κ1) is 26.3. The molecule has 1 aromatic heterocycles. The van der Waals surface area contributed by atoms with Gasteiger partial charge in [0.1, 0.15) is 4.88 Å². The number of hydrogen-bond donors (Lipinski definition) is 0. The summed E-state index contributed by atoms with van der Waals surface area (Å²) in [7, 11) is 4.88. The van der Waals surface area contributed by atoms with Crippen LogP contribution in [0.1, 0.15) is 80.8 Å². The summed E-state index contributed by atoms with van der Waals surface area (Å²) in [4.78, 5) is 43.7. The summed E-state index contributed by atoms with van der Waals surface area (Å²) in [6.07, 6.45) is 4.99. The number of anilines is 1. The Bertz CT molecular complexity index is 980. The summed E-state index contributed by atoms with van der Waals surface area (Å²) in [6.45, 7) is 8.33. The molecule has 2 aliphatic carbocycles. The second kappa shape index (κ2) is 10.5. The lowest BCUT2D eigenvalue weighted by Gasteiger charge is -2.44. The molecule has 1 aromatic rings. The molecule has 0 unspecified atom stereocenters. The Morgan fingerprint density at radius 3 is 2.18 bits per heavy atom. The molecule has 0 aromatic carbocycles. The molecule has 186 valence electrons. The van der Waals surface area contributed by atoms with Crippen molar-refractivity contribution in [3.63, 3.8) is 0 Å². The number of amides is 2. The van der Waals surface area contributed by atoms with Crippen molar-refractivity contribution in [1.82, 2.24) is 4.90 Å². The zero-order valence-electron chi connectivity index (χ0n) is 21.6. The van der Waals surface area contributed by atoms with Crippen LogP contribution in [-0.4, -0.2) is 49.9 Å². The van der Waals surface area contributed by atoms with Gasteiger partial charge in [0, 0.05) is 37.4 Å². The summed E-state index contributed by atoms with van der Waals surface area (Å²) in [5.74, 6) is 6.57. The van der Waals surface area contributed by atoms with Gasteiger partial charge in [0.2, 0.25) is 11.8 Å². The number of ether oxygens (including phenoxy) is 1. The van der Waals surface area contributed by atoms with E-state index < -0.39 is 5.97 Å². The van der Waals surface area contributed by atoms with E-state index in [1.54, 1.807) is 19.0 Å². The molecule has 0 radical (unpaired) electrons. The summed E-state index contributed by atoms with van der Waals surface area (Å²) < 4.78 is 5.07. The van der Waals surface area contributed by atoms with Crippen molar-refractivity contribution >= 4 is 34.8 Å². The van der Waals surface area contributed by atoms with Crippen LogP contribution in [0.2, 0.25) is 0 Å². The van der Waals surface area contributed by atoms with Crippen LogP contribution < -0.4 is 4.90 Å². The van der Waals surface area contributed by atoms with Gasteiger partial charge < -0.3 is 14.5 Å². The molecule has 2 saturated carbocycles. The number of carbonyl (C=O) groups is 3. The number of rotatable bonds is 5. The van der Waals surface area contributed by atoms with E-state index in [9.17, 15) is 14.4 Å². The molecule has 2 amide bonds. The number of nitrogens with zero attached hydrogens (tertiary/aromatic N) is 2. The predicted molar refractivity (Wildman–Crippen MR) is 136 cm³/mol. The third kappa shape index (κ3) is 6.02. The highest BCUT2D eigenvalue weighted by atomic mass is 32.1. The third-order valence-electron chi connectivity index (χ3n) is 6.77. The molecule has 0 N–H and O–H groups in total. The maximum atomic E-state index is 13.9. The Morgan fingerprint density at radius 1 is 1.03 bits per heavy atom. The quantitative estimate of drug-likeness (QED) is 0.436. The lowest BCUT2D eigenvalue weighted by Crippen LogP contribution is -2.53. The largest absolute Gasteiger partial charge is 0.465 e. The number of methoxy groups -OCH3 is 1. The van der Waals surface area contributed by atoms with Gasteiger partial charge in [0.25, 0.3) is 0 Å². The summed E-state index contributed by atoms with van der Waals surface area (Å²) in [6, 6.07) is 1.75. The molecule has 2 fully saturated rings. The Balaban J connectivity index is 1.98. The highest BCUT2D eigenvalue weighted by Gasteiger charge is 2.44. The molecular weight excluding hydrogens is 448 g/mol. The van der Waals surface area contributed by atoms with E-state index in [0.717, 1.165) is 30.6 Å². The fourth-order valence-corrected chi connectivity index (χ4v) is 5.60. The van der Waals surface area contributed by atoms with Crippen molar-refractivity contribution in [2.75, 3.05) is 26.1 Å². The zero-order valence-corrected chi connectivity index (χ0v) is 22.4. The zero-order chi connectivity index (χ0) is 25.2. The van der Waals surface area contributed by atoms with Crippen LogP contribution in [0.4, 0.5) is 5.69 Å². The second-order valence-corrected chi connectivity index (χ2v) is 12.1. The number of carbonyl (C=O) groups excluding carboxylic acids is 3. The highest BCUT2D eigenvalue weighted by Crippen LogP contribution is 2.42. The summed E-state index contributed by atoms with van der Waals surface area (Å²) >= 11 is 1.27. The van der Waals surface area contributed by atoms with Crippen molar-refractivity contribution in [1.29, 1.82) is 0 Å². The molecule has 7 heteroatoms. The standard InChI is InChI=1S/C27H38N2O4S/c1-17-8-10-18(11-9-17)25(31)29(20-14-19(15-20)24(30)28(5)6)22-16-21(12-13-27(2,3)4)34-23(22)26(32)33-7/h16-20H,8-11,14-15H2,1-7H3. The van der Waals surface area contributed by atoms with Crippen molar-refractivity contribution < 1.29 is 19.1 Å². The summed E-state index contributed by atoms with van der Waals surface area (Å²) in [5.41, 5.74) is 0.400. The van der Waals surface area contributed by atoms with Gasteiger partial charge in [-0.2, -0.15) is 0 Å². The van der Waals surface area contributed by atoms with Gasteiger partial charge >= 0.3 is 5.97 Å². The first-order chi connectivity index (χ1) is 15.9. The van der Waals surface area contributed by atoms with E-state index in [-0.39, 0.29) is 35.1 Å². The van der Waals surface area contributed by atoms with E-state index in [2.05, 4.69) is 18.8 Å². The van der Waals surface area contributed by atoms with Crippen LogP contribution in [0.3, 0.4) is 0 Å². The minimum atomic E-state index is -0.459. The Kier molecular flexibility index (Phi) is 8.13. The van der Waals surface area contributed by atoms with E-state index in [4.69, 9.17) is 4.74 Å². The van der Waals surface area contributed by atoms with Crippen LogP contribution in [0.5, 0.6) is 0 Å². The van der Waals surface area contributed by atoms with Gasteiger partial charge in [-0.15, -0.1) is 11.3 Å². The molecule has 2 aliphatic rings. The van der Waals surface area contributed by atoms with Gasteiger partial charge in [-0.3, -0.25) is 9.59 Å². The molecule has 0 bridgehead atoms. The Morgan fingerprint density at radius 2 is 1.65 bits per heavy atom. The van der Waals surface area contributed by atoms with Crippen molar-refractivity contribution in [2.45, 2.75) is 72.3 Å². The molecule has 3 rings (SSSR count). The average Bonchev–Trinajstić information content (AvgIpc) is 3.17. The van der Waals surface area contributed by atoms with Gasteiger partial charge in [-0.25, -0.2) is 4.79 Å². The molecule has 34 heavy (non-hydrogen) atoms. The molecule has 0 saturated heterocycles.